The van der Waals surface area contributed by atoms with E-state index in [-0.39, 0.29) is 12.1 Å². The molecule has 1 aromatic heterocycles. The van der Waals surface area contributed by atoms with Crippen LogP contribution in [0.25, 0.3) is 10.9 Å². The Balaban J connectivity index is 2.43. The Hall–Kier alpha value is -1.45. The molecule has 0 amide bonds. The molecule has 0 radical (unpaired) electrons. The van der Waals surface area contributed by atoms with Crippen LogP contribution in [0.1, 0.15) is 32.4 Å². The van der Waals surface area contributed by atoms with Gasteiger partial charge in [0.15, 0.2) is 0 Å². The molecule has 0 saturated carbocycles. The molecule has 2 rings (SSSR count). The van der Waals surface area contributed by atoms with Gasteiger partial charge in [-0.2, -0.15) is 0 Å². The molecule has 1 heterocycles. The van der Waals surface area contributed by atoms with Gasteiger partial charge in [0.25, 0.3) is 0 Å². The third-order valence-corrected chi connectivity index (χ3v) is 3.34. The molecular formula is C16H22N2O. The normalized spacial score (nSPS) is 14.5. The lowest BCUT2D eigenvalue weighted by molar-refractivity contribution is 0.0480. The Labute approximate surface area is 115 Å². The molecule has 0 aliphatic heterocycles. The van der Waals surface area contributed by atoms with Crippen LogP contribution in [0.2, 0.25) is 0 Å². The zero-order valence-corrected chi connectivity index (χ0v) is 11.9. The first-order chi connectivity index (χ1) is 9.27. The third kappa shape index (κ3) is 3.11. The third-order valence-electron chi connectivity index (χ3n) is 3.34. The predicted octanol–water partition coefficient (Wildman–Crippen LogP) is 3.31. The second-order valence-electron chi connectivity index (χ2n) is 4.61. The molecular weight excluding hydrogens is 236 g/mol. The summed E-state index contributed by atoms with van der Waals surface area (Å²) in [6.07, 6.45) is 1.97. The summed E-state index contributed by atoms with van der Waals surface area (Å²) in [6.45, 7) is 7.91. The molecule has 0 bridgehead atoms. The Morgan fingerprint density at radius 1 is 1.21 bits per heavy atom. The molecule has 3 nitrogen and oxygen atoms in total. The molecule has 2 atom stereocenters. The van der Waals surface area contributed by atoms with Gasteiger partial charge in [-0.05, 0) is 38.1 Å². The standard InChI is InChI=1S/C16H22N2O/c1-4-17-16(12(3)19-5-2)14-8-6-10-15-13(14)9-7-11-18-15/h6-12,16-17H,4-5H2,1-3H3. The van der Waals surface area contributed by atoms with E-state index in [1.54, 1.807) is 0 Å². The highest BCUT2D eigenvalue weighted by molar-refractivity contribution is 5.82. The number of nitrogens with zero attached hydrogens (tertiary/aromatic N) is 1. The first-order valence-electron chi connectivity index (χ1n) is 6.96. The monoisotopic (exact) mass is 258 g/mol. The number of benzene rings is 1. The quantitative estimate of drug-likeness (QED) is 0.863. The fraction of sp³-hybridized carbons (Fsp3) is 0.438. The van der Waals surface area contributed by atoms with Crippen molar-refractivity contribution in [1.29, 1.82) is 0 Å². The van der Waals surface area contributed by atoms with Crippen LogP contribution >= 0.6 is 0 Å². The lowest BCUT2D eigenvalue weighted by Gasteiger charge is -2.26. The smallest absolute Gasteiger partial charge is 0.0741 e. The first-order valence-corrected chi connectivity index (χ1v) is 6.96. The number of likely N-dealkylation sites (N-methyl/N-ethyl adjacent to an activating group) is 1. The Morgan fingerprint density at radius 2 is 2.05 bits per heavy atom. The summed E-state index contributed by atoms with van der Waals surface area (Å²) in [5.41, 5.74) is 2.29. The van der Waals surface area contributed by atoms with Gasteiger partial charge in [-0.25, -0.2) is 0 Å². The van der Waals surface area contributed by atoms with Crippen LogP contribution in [0.5, 0.6) is 0 Å². The zero-order chi connectivity index (χ0) is 13.7. The van der Waals surface area contributed by atoms with Crippen molar-refractivity contribution in [2.75, 3.05) is 13.2 Å². The molecule has 0 aliphatic rings. The van der Waals surface area contributed by atoms with E-state index in [0.717, 1.165) is 18.7 Å². The van der Waals surface area contributed by atoms with Gasteiger partial charge in [0.1, 0.15) is 0 Å². The van der Waals surface area contributed by atoms with E-state index < -0.39 is 0 Å². The summed E-state index contributed by atoms with van der Waals surface area (Å²) < 4.78 is 5.78. The van der Waals surface area contributed by atoms with Gasteiger partial charge >= 0.3 is 0 Å². The van der Waals surface area contributed by atoms with Gasteiger partial charge in [0, 0.05) is 18.2 Å². The molecule has 0 spiro atoms. The van der Waals surface area contributed by atoms with Crippen LogP contribution in [0, 0.1) is 0 Å². The molecule has 2 aromatic rings. The number of hydrogen-bond donors (Lipinski definition) is 1. The van der Waals surface area contributed by atoms with Gasteiger partial charge in [0.2, 0.25) is 0 Å². The molecule has 2 unspecified atom stereocenters. The average molecular weight is 258 g/mol. The number of ether oxygens (including phenoxy) is 1. The summed E-state index contributed by atoms with van der Waals surface area (Å²) in [6, 6.07) is 10.6. The zero-order valence-electron chi connectivity index (χ0n) is 11.9. The lowest BCUT2D eigenvalue weighted by atomic mass is 9.97. The molecule has 19 heavy (non-hydrogen) atoms. The molecule has 0 saturated heterocycles. The van der Waals surface area contributed by atoms with Crippen molar-refractivity contribution in [3.05, 3.63) is 42.1 Å². The van der Waals surface area contributed by atoms with Crippen LogP contribution in [-0.4, -0.2) is 24.2 Å². The van der Waals surface area contributed by atoms with Crippen molar-refractivity contribution in [3.63, 3.8) is 0 Å². The van der Waals surface area contributed by atoms with Crippen molar-refractivity contribution < 1.29 is 4.74 Å². The van der Waals surface area contributed by atoms with Crippen molar-refractivity contribution in [1.82, 2.24) is 10.3 Å². The van der Waals surface area contributed by atoms with Gasteiger partial charge in [-0.15, -0.1) is 0 Å². The molecule has 0 fully saturated rings. The maximum absolute atomic E-state index is 5.78. The van der Waals surface area contributed by atoms with Crippen LogP contribution in [-0.2, 0) is 4.74 Å². The van der Waals surface area contributed by atoms with Crippen LogP contribution in [0.3, 0.4) is 0 Å². The average Bonchev–Trinajstić information content (AvgIpc) is 2.44. The summed E-state index contributed by atoms with van der Waals surface area (Å²) in [5, 5.41) is 4.72. The van der Waals surface area contributed by atoms with Gasteiger partial charge < -0.3 is 10.1 Å². The van der Waals surface area contributed by atoms with Crippen molar-refractivity contribution in [3.8, 4) is 0 Å². The minimum absolute atomic E-state index is 0.135. The fourth-order valence-corrected chi connectivity index (χ4v) is 2.51. The Bertz CT molecular complexity index is 522. The Morgan fingerprint density at radius 3 is 2.79 bits per heavy atom. The maximum Gasteiger partial charge on any atom is 0.0741 e. The number of rotatable bonds is 6. The van der Waals surface area contributed by atoms with E-state index in [4.69, 9.17) is 4.74 Å². The number of hydrogen-bond acceptors (Lipinski definition) is 3. The van der Waals surface area contributed by atoms with E-state index in [0.29, 0.717) is 0 Å². The van der Waals surface area contributed by atoms with Crippen molar-refractivity contribution >= 4 is 10.9 Å². The molecule has 102 valence electrons. The van der Waals surface area contributed by atoms with Gasteiger partial charge in [-0.1, -0.05) is 25.1 Å². The molecule has 3 heteroatoms. The van der Waals surface area contributed by atoms with Crippen LogP contribution in [0.15, 0.2) is 36.5 Å². The van der Waals surface area contributed by atoms with Gasteiger partial charge in [-0.3, -0.25) is 4.98 Å². The highest BCUT2D eigenvalue weighted by Crippen LogP contribution is 2.26. The van der Waals surface area contributed by atoms with E-state index in [2.05, 4.69) is 42.3 Å². The maximum atomic E-state index is 5.78. The summed E-state index contributed by atoms with van der Waals surface area (Å²) in [4.78, 5) is 4.42. The number of aromatic nitrogens is 1. The summed E-state index contributed by atoms with van der Waals surface area (Å²) in [7, 11) is 0. The molecule has 0 aliphatic carbocycles. The van der Waals surface area contributed by atoms with Crippen molar-refractivity contribution in [2.24, 2.45) is 0 Å². The topological polar surface area (TPSA) is 34.2 Å². The summed E-state index contributed by atoms with van der Waals surface area (Å²) in [5.74, 6) is 0. The molecule has 1 N–H and O–H groups in total. The van der Waals surface area contributed by atoms with Crippen LogP contribution in [0.4, 0.5) is 0 Å². The highest BCUT2D eigenvalue weighted by atomic mass is 16.5. The first kappa shape index (κ1) is 14.0. The lowest BCUT2D eigenvalue weighted by Crippen LogP contribution is -2.32. The highest BCUT2D eigenvalue weighted by Gasteiger charge is 2.20. The number of pyridine rings is 1. The van der Waals surface area contributed by atoms with Gasteiger partial charge in [0.05, 0.1) is 17.7 Å². The second kappa shape index (κ2) is 6.64. The number of nitrogens with one attached hydrogen (secondary N) is 1. The fourth-order valence-electron chi connectivity index (χ4n) is 2.51. The van der Waals surface area contributed by atoms with E-state index >= 15 is 0 Å². The van der Waals surface area contributed by atoms with E-state index in [9.17, 15) is 0 Å². The summed E-state index contributed by atoms with van der Waals surface area (Å²) >= 11 is 0. The van der Waals surface area contributed by atoms with Crippen molar-refractivity contribution in [2.45, 2.75) is 32.9 Å². The minimum atomic E-state index is 0.135. The second-order valence-corrected chi connectivity index (χ2v) is 4.61. The largest absolute Gasteiger partial charge is 0.377 e. The SMILES string of the molecule is CCNC(c1cccc2ncccc12)C(C)OCC. The minimum Gasteiger partial charge on any atom is -0.377 e. The molecule has 1 aromatic carbocycles. The van der Waals surface area contributed by atoms with E-state index in [1.165, 1.54) is 10.9 Å². The van der Waals surface area contributed by atoms with Crippen LogP contribution < -0.4 is 5.32 Å². The Kier molecular flexibility index (Phi) is 4.88. The predicted molar refractivity (Wildman–Crippen MR) is 79.2 cm³/mol. The number of fused-ring (bicyclic) bond motifs is 1. The van der Waals surface area contributed by atoms with E-state index in [1.807, 2.05) is 25.3 Å².